The van der Waals surface area contributed by atoms with Gasteiger partial charge >= 0.3 is 0 Å². The SMILES string of the molecule is CCC(CO)NC(=O)c1ccc(Oc2ccc(F)c(F)c2)cc1. The fourth-order valence-electron chi connectivity index (χ4n) is 1.90. The van der Waals surface area contributed by atoms with Crippen LogP contribution in [0, 0.1) is 11.6 Å². The van der Waals surface area contributed by atoms with Crippen LogP contribution in [0.2, 0.25) is 0 Å². The van der Waals surface area contributed by atoms with Crippen molar-refractivity contribution in [3.05, 3.63) is 59.7 Å². The fraction of sp³-hybridized carbons (Fsp3) is 0.235. The first-order valence-electron chi connectivity index (χ1n) is 7.18. The summed E-state index contributed by atoms with van der Waals surface area (Å²) in [6, 6.07) is 9.15. The van der Waals surface area contributed by atoms with Gasteiger partial charge in [0.25, 0.3) is 5.91 Å². The lowest BCUT2D eigenvalue weighted by Crippen LogP contribution is -2.36. The van der Waals surface area contributed by atoms with Crippen LogP contribution in [0.25, 0.3) is 0 Å². The maximum atomic E-state index is 13.1. The zero-order valence-electron chi connectivity index (χ0n) is 12.6. The highest BCUT2D eigenvalue weighted by molar-refractivity contribution is 5.94. The monoisotopic (exact) mass is 321 g/mol. The molecular formula is C17H17F2NO3. The lowest BCUT2D eigenvalue weighted by atomic mass is 10.1. The first-order chi connectivity index (χ1) is 11.0. The van der Waals surface area contributed by atoms with Gasteiger partial charge in [0.1, 0.15) is 11.5 Å². The van der Waals surface area contributed by atoms with Crippen molar-refractivity contribution in [2.75, 3.05) is 6.61 Å². The lowest BCUT2D eigenvalue weighted by Gasteiger charge is -2.14. The molecule has 2 aromatic rings. The summed E-state index contributed by atoms with van der Waals surface area (Å²) in [4.78, 5) is 12.0. The summed E-state index contributed by atoms with van der Waals surface area (Å²) < 4.78 is 31.4. The molecule has 0 saturated heterocycles. The minimum Gasteiger partial charge on any atom is -0.457 e. The number of aliphatic hydroxyl groups is 1. The smallest absolute Gasteiger partial charge is 0.251 e. The van der Waals surface area contributed by atoms with Crippen LogP contribution in [0.3, 0.4) is 0 Å². The number of aliphatic hydroxyl groups excluding tert-OH is 1. The Balaban J connectivity index is 2.04. The van der Waals surface area contributed by atoms with Crippen molar-refractivity contribution in [3.8, 4) is 11.5 Å². The lowest BCUT2D eigenvalue weighted by molar-refractivity contribution is 0.0915. The number of benzene rings is 2. The topological polar surface area (TPSA) is 58.6 Å². The maximum absolute atomic E-state index is 13.1. The Morgan fingerprint density at radius 2 is 1.78 bits per heavy atom. The number of carbonyl (C=O) groups is 1. The normalized spacial score (nSPS) is 11.8. The molecule has 1 unspecified atom stereocenters. The van der Waals surface area contributed by atoms with Crippen LogP contribution in [-0.4, -0.2) is 23.7 Å². The molecular weight excluding hydrogens is 304 g/mol. The molecule has 2 rings (SSSR count). The number of halogens is 2. The molecule has 1 atom stereocenters. The zero-order valence-corrected chi connectivity index (χ0v) is 12.6. The number of amides is 1. The summed E-state index contributed by atoms with van der Waals surface area (Å²) in [5.41, 5.74) is 0.412. The van der Waals surface area contributed by atoms with Gasteiger partial charge in [0.15, 0.2) is 11.6 Å². The molecule has 0 aliphatic carbocycles. The van der Waals surface area contributed by atoms with Gasteiger partial charge in [-0.1, -0.05) is 6.92 Å². The molecule has 2 aromatic carbocycles. The molecule has 0 bridgehead atoms. The van der Waals surface area contributed by atoms with Crippen molar-refractivity contribution in [2.24, 2.45) is 0 Å². The van der Waals surface area contributed by atoms with Gasteiger partial charge in [-0.15, -0.1) is 0 Å². The quantitative estimate of drug-likeness (QED) is 0.858. The van der Waals surface area contributed by atoms with Gasteiger partial charge in [0, 0.05) is 11.6 Å². The van der Waals surface area contributed by atoms with Crippen molar-refractivity contribution < 1.29 is 23.4 Å². The summed E-state index contributed by atoms with van der Waals surface area (Å²) >= 11 is 0. The van der Waals surface area contributed by atoms with Gasteiger partial charge in [-0.05, 0) is 42.8 Å². The summed E-state index contributed by atoms with van der Waals surface area (Å²) in [7, 11) is 0. The molecule has 4 nitrogen and oxygen atoms in total. The summed E-state index contributed by atoms with van der Waals surface area (Å²) in [6.07, 6.45) is 0.625. The molecule has 0 aliphatic heterocycles. The average Bonchev–Trinajstić information content (AvgIpc) is 2.56. The molecule has 0 radical (unpaired) electrons. The zero-order chi connectivity index (χ0) is 16.8. The van der Waals surface area contributed by atoms with E-state index >= 15 is 0 Å². The number of carbonyl (C=O) groups excluding carboxylic acids is 1. The largest absolute Gasteiger partial charge is 0.457 e. The van der Waals surface area contributed by atoms with E-state index in [1.807, 2.05) is 6.92 Å². The summed E-state index contributed by atoms with van der Waals surface area (Å²) in [5.74, 6) is -1.69. The van der Waals surface area contributed by atoms with Gasteiger partial charge < -0.3 is 15.2 Å². The highest BCUT2D eigenvalue weighted by Gasteiger charge is 2.11. The van der Waals surface area contributed by atoms with Crippen LogP contribution >= 0.6 is 0 Å². The third kappa shape index (κ3) is 4.50. The first-order valence-corrected chi connectivity index (χ1v) is 7.18. The minimum absolute atomic E-state index is 0.125. The average molecular weight is 321 g/mol. The number of rotatable bonds is 6. The van der Waals surface area contributed by atoms with E-state index in [-0.39, 0.29) is 24.3 Å². The number of hydrogen-bond donors (Lipinski definition) is 2. The third-order valence-electron chi connectivity index (χ3n) is 3.29. The van der Waals surface area contributed by atoms with Crippen molar-refractivity contribution in [3.63, 3.8) is 0 Å². The second-order valence-corrected chi connectivity index (χ2v) is 4.96. The van der Waals surface area contributed by atoms with E-state index in [0.29, 0.717) is 17.7 Å². The van der Waals surface area contributed by atoms with Gasteiger partial charge in [-0.3, -0.25) is 4.79 Å². The van der Waals surface area contributed by atoms with E-state index in [0.717, 1.165) is 12.1 Å². The van der Waals surface area contributed by atoms with Crippen molar-refractivity contribution >= 4 is 5.91 Å². The Morgan fingerprint density at radius 3 is 2.35 bits per heavy atom. The number of ether oxygens (including phenoxy) is 1. The van der Waals surface area contributed by atoms with Gasteiger partial charge in [-0.25, -0.2) is 8.78 Å². The third-order valence-corrected chi connectivity index (χ3v) is 3.29. The van der Waals surface area contributed by atoms with E-state index in [1.54, 1.807) is 24.3 Å². The molecule has 23 heavy (non-hydrogen) atoms. The van der Waals surface area contributed by atoms with Crippen LogP contribution in [0.15, 0.2) is 42.5 Å². The minimum atomic E-state index is -0.992. The van der Waals surface area contributed by atoms with Gasteiger partial charge in [-0.2, -0.15) is 0 Å². The second-order valence-electron chi connectivity index (χ2n) is 4.96. The predicted octanol–water partition coefficient (Wildman–Crippen LogP) is 3.26. The highest BCUT2D eigenvalue weighted by atomic mass is 19.2. The van der Waals surface area contributed by atoms with E-state index in [2.05, 4.69) is 5.32 Å². The standard InChI is InChI=1S/C17H17F2NO3/c1-2-12(10-21)20-17(22)11-3-5-13(6-4-11)23-14-7-8-15(18)16(19)9-14/h3-9,12,21H,2,10H2,1H3,(H,20,22). The highest BCUT2D eigenvalue weighted by Crippen LogP contribution is 2.23. The molecule has 0 saturated carbocycles. The molecule has 2 N–H and O–H groups in total. The maximum Gasteiger partial charge on any atom is 0.251 e. The van der Waals surface area contributed by atoms with E-state index in [4.69, 9.17) is 9.84 Å². The van der Waals surface area contributed by atoms with E-state index < -0.39 is 11.6 Å². The number of hydrogen-bond acceptors (Lipinski definition) is 3. The fourth-order valence-corrected chi connectivity index (χ4v) is 1.90. The van der Waals surface area contributed by atoms with E-state index in [9.17, 15) is 13.6 Å². The van der Waals surface area contributed by atoms with Crippen LogP contribution in [0.5, 0.6) is 11.5 Å². The Labute approximate surface area is 132 Å². The molecule has 0 spiro atoms. The van der Waals surface area contributed by atoms with E-state index in [1.165, 1.54) is 6.07 Å². The molecule has 0 fully saturated rings. The van der Waals surface area contributed by atoms with Crippen LogP contribution in [-0.2, 0) is 0 Å². The van der Waals surface area contributed by atoms with Gasteiger partial charge in [0.05, 0.1) is 12.6 Å². The van der Waals surface area contributed by atoms with Crippen LogP contribution in [0.4, 0.5) is 8.78 Å². The molecule has 6 heteroatoms. The summed E-state index contributed by atoms with van der Waals surface area (Å²) in [5, 5.41) is 11.8. The van der Waals surface area contributed by atoms with Crippen molar-refractivity contribution in [1.29, 1.82) is 0 Å². The van der Waals surface area contributed by atoms with Crippen molar-refractivity contribution in [1.82, 2.24) is 5.32 Å². The van der Waals surface area contributed by atoms with Crippen LogP contribution < -0.4 is 10.1 Å². The molecule has 1 amide bonds. The molecule has 0 aromatic heterocycles. The Morgan fingerprint density at radius 1 is 1.13 bits per heavy atom. The second kappa shape index (κ2) is 7.69. The molecule has 0 heterocycles. The Kier molecular flexibility index (Phi) is 5.65. The molecule has 0 aliphatic rings. The Bertz CT molecular complexity index is 670. The first kappa shape index (κ1) is 16.9. The summed E-state index contributed by atoms with van der Waals surface area (Å²) in [6.45, 7) is 1.74. The number of nitrogens with one attached hydrogen (secondary N) is 1. The predicted molar refractivity (Wildman–Crippen MR) is 81.5 cm³/mol. The Hall–Kier alpha value is -2.47. The van der Waals surface area contributed by atoms with Crippen LogP contribution in [0.1, 0.15) is 23.7 Å². The van der Waals surface area contributed by atoms with Crippen molar-refractivity contribution in [2.45, 2.75) is 19.4 Å². The van der Waals surface area contributed by atoms with Gasteiger partial charge in [0.2, 0.25) is 0 Å². The molecule has 122 valence electrons.